The number of hydrogen-bond acceptors (Lipinski definition) is 0. The molecule has 0 bridgehead atoms. The van der Waals surface area contributed by atoms with Crippen LogP contribution in [0, 0.1) is 13.8 Å². The zero-order valence-corrected chi connectivity index (χ0v) is 14.9. The number of allylic oxidation sites excluding steroid dienone is 2. The Morgan fingerprint density at radius 1 is 0.625 bits per heavy atom. The third-order valence-electron chi connectivity index (χ3n) is 6.28. The van der Waals surface area contributed by atoms with Gasteiger partial charge in [-0.25, -0.2) is 0 Å². The van der Waals surface area contributed by atoms with Crippen molar-refractivity contribution in [1.82, 2.24) is 0 Å². The Kier molecular flexibility index (Phi) is 2.69. The zero-order chi connectivity index (χ0) is 16.6. The van der Waals surface area contributed by atoms with Gasteiger partial charge in [-0.1, -0.05) is 42.0 Å². The van der Waals surface area contributed by atoms with E-state index < -0.39 is 0 Å². The Balaban J connectivity index is 1.97. The summed E-state index contributed by atoms with van der Waals surface area (Å²) in [5.41, 5.74) is 14.9. The Bertz CT molecular complexity index is 1080. The van der Waals surface area contributed by atoms with Crippen molar-refractivity contribution in [3.63, 3.8) is 0 Å². The molecular formula is C24H22. The fraction of sp³-hybridized carbons (Fsp3) is 0.250. The van der Waals surface area contributed by atoms with Gasteiger partial charge in [0.25, 0.3) is 0 Å². The second kappa shape index (κ2) is 4.60. The lowest BCUT2D eigenvalue weighted by molar-refractivity contribution is 1.18. The van der Waals surface area contributed by atoms with Crippen molar-refractivity contribution >= 4 is 16.3 Å². The van der Waals surface area contributed by atoms with Crippen LogP contribution in [0.15, 0.2) is 42.0 Å². The van der Waals surface area contributed by atoms with E-state index in [4.69, 9.17) is 0 Å². The number of fused-ring (bicyclic) bond motifs is 7. The van der Waals surface area contributed by atoms with E-state index in [1.807, 2.05) is 0 Å². The average Bonchev–Trinajstić information content (AvgIpc) is 3.08. The molecule has 0 saturated heterocycles. The largest absolute Gasteiger partial charge is 0.0654 e. The fourth-order valence-corrected chi connectivity index (χ4v) is 4.71. The molecule has 3 aromatic rings. The first-order valence-corrected chi connectivity index (χ1v) is 8.90. The normalized spacial score (nSPS) is 15.0. The van der Waals surface area contributed by atoms with E-state index in [1.54, 1.807) is 0 Å². The summed E-state index contributed by atoms with van der Waals surface area (Å²) >= 11 is 0. The Labute approximate surface area is 143 Å². The van der Waals surface area contributed by atoms with Gasteiger partial charge >= 0.3 is 0 Å². The molecule has 0 unspecified atom stereocenters. The lowest BCUT2D eigenvalue weighted by atomic mass is 9.88. The molecule has 0 heterocycles. The summed E-state index contributed by atoms with van der Waals surface area (Å²) in [5.74, 6) is 0. The highest BCUT2D eigenvalue weighted by molar-refractivity contribution is 6.06. The topological polar surface area (TPSA) is 0 Å². The van der Waals surface area contributed by atoms with Crippen LogP contribution in [0.2, 0.25) is 0 Å². The second-order valence-electron chi connectivity index (χ2n) is 7.60. The molecule has 0 aliphatic heterocycles. The molecule has 118 valence electrons. The fourth-order valence-electron chi connectivity index (χ4n) is 4.71. The lowest BCUT2D eigenvalue weighted by Crippen LogP contribution is -1.93. The Morgan fingerprint density at radius 3 is 2.04 bits per heavy atom. The molecule has 0 aromatic heterocycles. The van der Waals surface area contributed by atoms with Gasteiger partial charge in [-0.15, -0.1) is 0 Å². The zero-order valence-electron chi connectivity index (χ0n) is 14.9. The lowest BCUT2D eigenvalue weighted by Gasteiger charge is -2.15. The van der Waals surface area contributed by atoms with Crippen molar-refractivity contribution in [2.75, 3.05) is 0 Å². The molecule has 0 spiro atoms. The van der Waals surface area contributed by atoms with Crippen molar-refractivity contribution in [2.45, 2.75) is 40.5 Å². The van der Waals surface area contributed by atoms with Crippen LogP contribution in [0.4, 0.5) is 0 Å². The predicted molar refractivity (Wildman–Crippen MR) is 104 cm³/mol. The van der Waals surface area contributed by atoms with Crippen molar-refractivity contribution in [1.29, 1.82) is 0 Å². The summed E-state index contributed by atoms with van der Waals surface area (Å²) in [6.45, 7) is 9.11. The van der Waals surface area contributed by atoms with Gasteiger partial charge < -0.3 is 0 Å². The quantitative estimate of drug-likeness (QED) is 0.353. The Hall–Kier alpha value is -2.34. The highest BCUT2D eigenvalue weighted by Crippen LogP contribution is 2.49. The average molecular weight is 310 g/mol. The third-order valence-corrected chi connectivity index (χ3v) is 6.28. The van der Waals surface area contributed by atoms with E-state index in [2.05, 4.69) is 64.1 Å². The van der Waals surface area contributed by atoms with Gasteiger partial charge in [0.15, 0.2) is 0 Å². The van der Waals surface area contributed by atoms with Gasteiger partial charge in [0.1, 0.15) is 0 Å². The molecule has 2 aliphatic rings. The number of hydrogen-bond donors (Lipinski definition) is 0. The molecule has 5 rings (SSSR count). The molecule has 3 aromatic carbocycles. The van der Waals surface area contributed by atoms with Crippen LogP contribution in [0.1, 0.15) is 47.2 Å². The number of benzene rings is 3. The number of rotatable bonds is 0. The summed E-state index contributed by atoms with van der Waals surface area (Å²) < 4.78 is 0. The van der Waals surface area contributed by atoms with Crippen LogP contribution in [0.3, 0.4) is 0 Å². The molecule has 2 aliphatic carbocycles. The summed E-state index contributed by atoms with van der Waals surface area (Å²) in [4.78, 5) is 0. The molecule has 0 radical (unpaired) electrons. The maximum Gasteiger partial charge on any atom is -0.00130 e. The van der Waals surface area contributed by atoms with Crippen LogP contribution in [-0.2, 0) is 12.8 Å². The maximum atomic E-state index is 2.37. The number of aryl methyl sites for hydroxylation is 2. The first kappa shape index (κ1) is 14.0. The molecule has 0 fully saturated rings. The molecular weight excluding hydrogens is 288 g/mol. The molecule has 0 saturated carbocycles. The smallest absolute Gasteiger partial charge is 0.00130 e. The van der Waals surface area contributed by atoms with Crippen LogP contribution in [0.25, 0.3) is 27.5 Å². The molecule has 24 heavy (non-hydrogen) atoms. The summed E-state index contributed by atoms with van der Waals surface area (Å²) in [7, 11) is 0. The van der Waals surface area contributed by atoms with E-state index >= 15 is 0 Å². The van der Waals surface area contributed by atoms with Gasteiger partial charge in [-0.2, -0.15) is 0 Å². The minimum atomic E-state index is 1.08. The van der Waals surface area contributed by atoms with Crippen LogP contribution >= 0.6 is 0 Å². The Morgan fingerprint density at radius 2 is 1.25 bits per heavy atom. The summed E-state index contributed by atoms with van der Waals surface area (Å²) in [6.07, 6.45) is 2.19. The van der Waals surface area contributed by atoms with E-state index in [0.29, 0.717) is 0 Å². The summed E-state index contributed by atoms with van der Waals surface area (Å²) in [5, 5.41) is 2.84. The van der Waals surface area contributed by atoms with Crippen molar-refractivity contribution in [2.24, 2.45) is 0 Å². The second-order valence-corrected chi connectivity index (χ2v) is 7.60. The third kappa shape index (κ3) is 1.64. The molecule has 0 nitrogen and oxygen atoms in total. The van der Waals surface area contributed by atoms with E-state index in [-0.39, 0.29) is 0 Å². The first-order chi connectivity index (χ1) is 11.6. The maximum absolute atomic E-state index is 2.37. The molecule has 0 heteroatoms. The minimum absolute atomic E-state index is 1.08. The van der Waals surface area contributed by atoms with Crippen LogP contribution in [-0.4, -0.2) is 0 Å². The highest BCUT2D eigenvalue weighted by atomic mass is 14.3. The predicted octanol–water partition coefficient (Wildman–Crippen LogP) is 6.38. The van der Waals surface area contributed by atoms with Gasteiger partial charge in [-0.05, 0) is 101 Å². The van der Waals surface area contributed by atoms with E-state index in [1.165, 1.54) is 66.4 Å². The van der Waals surface area contributed by atoms with Gasteiger partial charge in [0.2, 0.25) is 0 Å². The van der Waals surface area contributed by atoms with Crippen LogP contribution < -0.4 is 0 Å². The van der Waals surface area contributed by atoms with Crippen molar-refractivity contribution < 1.29 is 0 Å². The van der Waals surface area contributed by atoms with Gasteiger partial charge in [-0.3, -0.25) is 0 Å². The first-order valence-electron chi connectivity index (χ1n) is 8.90. The summed E-state index contributed by atoms with van der Waals surface area (Å²) in [6, 6.07) is 13.9. The van der Waals surface area contributed by atoms with Crippen LogP contribution in [0.5, 0.6) is 0 Å². The highest BCUT2D eigenvalue weighted by Gasteiger charge is 2.29. The standard InChI is InChI=1S/C24H22/c1-13-5-6-17-7-8-19-12-20-10-9-18-11-14(2)16(4)22(18)24(20)23(19)21(17)15(13)3/h5-10H,11-12H2,1-4H3. The molecule has 0 N–H and O–H groups in total. The van der Waals surface area contributed by atoms with E-state index in [0.717, 1.165) is 12.8 Å². The SMILES string of the molecule is CC1=C(C)c2c(ccc3c2-c2c(ccc4ccc(C)c(C)c24)C3)C1. The molecule has 0 amide bonds. The monoisotopic (exact) mass is 310 g/mol. The van der Waals surface area contributed by atoms with Gasteiger partial charge in [0.05, 0.1) is 0 Å². The van der Waals surface area contributed by atoms with Gasteiger partial charge in [0, 0.05) is 0 Å². The van der Waals surface area contributed by atoms with E-state index in [9.17, 15) is 0 Å². The molecule has 0 atom stereocenters. The van der Waals surface area contributed by atoms with Crippen molar-refractivity contribution in [3.05, 3.63) is 75.4 Å². The minimum Gasteiger partial charge on any atom is -0.0654 e. The van der Waals surface area contributed by atoms with Crippen molar-refractivity contribution in [3.8, 4) is 11.1 Å².